The number of hydrogen-bond acceptors (Lipinski definition) is 6. The maximum Gasteiger partial charge on any atom is 0.367 e. The van der Waals surface area contributed by atoms with Crippen LogP contribution in [0.2, 0.25) is 0 Å². The third kappa shape index (κ3) is 2.10. The van der Waals surface area contributed by atoms with Gasteiger partial charge >= 0.3 is 5.97 Å². The van der Waals surface area contributed by atoms with Crippen molar-refractivity contribution in [2.24, 2.45) is 0 Å². The summed E-state index contributed by atoms with van der Waals surface area (Å²) in [5, 5.41) is 0.311. The molecular formula is C9H9NO4S. The largest absolute Gasteiger partial charge is 0.461 e. The highest BCUT2D eigenvalue weighted by Crippen LogP contribution is 2.28. The molecule has 0 spiro atoms. The Morgan fingerprint density at radius 3 is 3.00 bits per heavy atom. The minimum Gasteiger partial charge on any atom is -0.461 e. The van der Waals surface area contributed by atoms with Crippen LogP contribution < -0.4 is 0 Å². The van der Waals surface area contributed by atoms with Crippen LogP contribution >= 0.6 is 11.3 Å². The monoisotopic (exact) mass is 227 g/mol. The van der Waals surface area contributed by atoms with Crippen molar-refractivity contribution in [3.63, 3.8) is 0 Å². The molecule has 0 unspecified atom stereocenters. The van der Waals surface area contributed by atoms with E-state index in [1.165, 1.54) is 23.9 Å². The second kappa shape index (κ2) is 4.31. The zero-order chi connectivity index (χ0) is 10.7. The van der Waals surface area contributed by atoms with Crippen molar-refractivity contribution in [3.05, 3.63) is 28.6 Å². The van der Waals surface area contributed by atoms with E-state index in [9.17, 15) is 4.79 Å². The van der Waals surface area contributed by atoms with E-state index in [0.29, 0.717) is 11.6 Å². The van der Waals surface area contributed by atoms with Gasteiger partial charge in [0.2, 0.25) is 5.01 Å². The first-order chi connectivity index (χ1) is 7.31. The molecule has 80 valence electrons. The van der Waals surface area contributed by atoms with E-state index in [1.54, 1.807) is 13.1 Å². The van der Waals surface area contributed by atoms with Gasteiger partial charge in [-0.05, 0) is 6.92 Å². The number of nitrogens with zero attached hydrogens (tertiary/aromatic N) is 1. The van der Waals surface area contributed by atoms with E-state index in [4.69, 9.17) is 14.2 Å². The first-order valence-corrected chi connectivity index (χ1v) is 5.21. The molecule has 6 heteroatoms. The smallest absolute Gasteiger partial charge is 0.367 e. The zero-order valence-corrected chi connectivity index (χ0v) is 8.82. The number of carbonyl (C=O) groups excluding carboxylic acids is 1. The number of rotatable bonds is 3. The molecule has 1 aliphatic rings. The average molecular weight is 227 g/mol. The van der Waals surface area contributed by atoms with Crippen molar-refractivity contribution in [1.82, 2.24) is 4.98 Å². The standard InChI is InChI=1S/C9H9NO4S/c1-2-12-8(11)7-10-5-6(15-7)9-13-3-4-14-9/h3-5,9H,2H2,1H3. The van der Waals surface area contributed by atoms with Crippen LogP contribution in [0.5, 0.6) is 0 Å². The van der Waals surface area contributed by atoms with E-state index in [-0.39, 0.29) is 0 Å². The predicted octanol–water partition coefficient (Wildman–Crippen LogP) is 1.84. The second-order valence-electron chi connectivity index (χ2n) is 2.66. The normalized spacial score (nSPS) is 14.7. The van der Waals surface area contributed by atoms with E-state index >= 15 is 0 Å². The summed E-state index contributed by atoms with van der Waals surface area (Å²) < 4.78 is 15.0. The quantitative estimate of drug-likeness (QED) is 0.737. The molecule has 0 saturated carbocycles. The Bertz CT molecular complexity index is 379. The highest BCUT2D eigenvalue weighted by atomic mass is 32.1. The average Bonchev–Trinajstić information content (AvgIpc) is 2.89. The Hall–Kier alpha value is -1.56. The highest BCUT2D eigenvalue weighted by Gasteiger charge is 2.21. The summed E-state index contributed by atoms with van der Waals surface area (Å²) in [6.07, 6.45) is 3.97. The molecule has 0 atom stereocenters. The van der Waals surface area contributed by atoms with Gasteiger partial charge in [-0.1, -0.05) is 0 Å². The fourth-order valence-electron chi connectivity index (χ4n) is 1.06. The van der Waals surface area contributed by atoms with Crippen molar-refractivity contribution in [2.75, 3.05) is 6.61 Å². The van der Waals surface area contributed by atoms with Crippen LogP contribution in [0.3, 0.4) is 0 Å². The van der Waals surface area contributed by atoms with E-state index in [1.807, 2.05) is 0 Å². The number of thiazole rings is 1. The van der Waals surface area contributed by atoms with E-state index in [2.05, 4.69) is 4.98 Å². The molecule has 2 heterocycles. The van der Waals surface area contributed by atoms with Crippen molar-refractivity contribution in [2.45, 2.75) is 13.2 Å². The molecular weight excluding hydrogens is 218 g/mol. The molecule has 0 fully saturated rings. The molecule has 0 radical (unpaired) electrons. The van der Waals surface area contributed by atoms with Crippen molar-refractivity contribution >= 4 is 17.3 Å². The van der Waals surface area contributed by atoms with Gasteiger partial charge in [-0.3, -0.25) is 0 Å². The maximum atomic E-state index is 11.3. The molecule has 2 rings (SSSR count). The second-order valence-corrected chi connectivity index (χ2v) is 3.73. The van der Waals surface area contributed by atoms with Crippen LogP contribution in [-0.2, 0) is 14.2 Å². The molecule has 5 nitrogen and oxygen atoms in total. The van der Waals surface area contributed by atoms with Gasteiger partial charge in [0.15, 0.2) is 0 Å². The fourth-order valence-corrected chi connectivity index (χ4v) is 1.84. The molecule has 0 amide bonds. The maximum absolute atomic E-state index is 11.3. The molecule has 1 aromatic rings. The molecule has 0 N–H and O–H groups in total. The lowest BCUT2D eigenvalue weighted by Gasteiger charge is -2.05. The Kier molecular flexibility index (Phi) is 2.86. The van der Waals surface area contributed by atoms with Gasteiger partial charge in [0.1, 0.15) is 17.4 Å². The predicted molar refractivity (Wildman–Crippen MR) is 52.1 cm³/mol. The van der Waals surface area contributed by atoms with Crippen LogP contribution in [-0.4, -0.2) is 17.6 Å². The van der Waals surface area contributed by atoms with Gasteiger partial charge < -0.3 is 14.2 Å². The lowest BCUT2D eigenvalue weighted by molar-refractivity contribution is -0.0218. The molecule has 0 aliphatic carbocycles. The zero-order valence-electron chi connectivity index (χ0n) is 8.00. The molecule has 1 aliphatic heterocycles. The van der Waals surface area contributed by atoms with Gasteiger partial charge in [0.25, 0.3) is 6.29 Å². The van der Waals surface area contributed by atoms with Gasteiger partial charge in [0.05, 0.1) is 6.61 Å². The van der Waals surface area contributed by atoms with E-state index < -0.39 is 12.3 Å². The summed E-state index contributed by atoms with van der Waals surface area (Å²) in [4.78, 5) is 16.0. The van der Waals surface area contributed by atoms with Crippen LogP contribution in [0.4, 0.5) is 0 Å². The Morgan fingerprint density at radius 2 is 2.33 bits per heavy atom. The molecule has 0 aromatic carbocycles. The van der Waals surface area contributed by atoms with Crippen LogP contribution in [0.25, 0.3) is 0 Å². The third-order valence-electron chi connectivity index (χ3n) is 1.67. The van der Waals surface area contributed by atoms with Gasteiger partial charge in [0, 0.05) is 6.20 Å². The summed E-state index contributed by atoms with van der Waals surface area (Å²) in [7, 11) is 0. The summed E-state index contributed by atoms with van der Waals surface area (Å²) in [5.41, 5.74) is 0. The van der Waals surface area contributed by atoms with Gasteiger partial charge in [-0.15, -0.1) is 11.3 Å². The minimum atomic E-state index is -0.481. The number of esters is 1. The van der Waals surface area contributed by atoms with Crippen LogP contribution in [0, 0.1) is 0 Å². The summed E-state index contributed by atoms with van der Waals surface area (Å²) in [5.74, 6) is -0.417. The SMILES string of the molecule is CCOC(=O)c1ncc(C2OC=CO2)s1. The van der Waals surface area contributed by atoms with Crippen LogP contribution in [0.1, 0.15) is 27.9 Å². The van der Waals surface area contributed by atoms with Crippen molar-refractivity contribution in [3.8, 4) is 0 Å². The highest BCUT2D eigenvalue weighted by molar-refractivity contribution is 7.13. The van der Waals surface area contributed by atoms with Gasteiger partial charge in [-0.2, -0.15) is 0 Å². The summed E-state index contributed by atoms with van der Waals surface area (Å²) in [6, 6.07) is 0. The molecule has 0 bridgehead atoms. The lowest BCUT2D eigenvalue weighted by Crippen LogP contribution is -2.03. The third-order valence-corrected chi connectivity index (χ3v) is 2.66. The molecule has 15 heavy (non-hydrogen) atoms. The Balaban J connectivity index is 2.06. The topological polar surface area (TPSA) is 57.7 Å². The summed E-state index contributed by atoms with van der Waals surface area (Å²) in [6.45, 7) is 2.09. The number of aromatic nitrogens is 1. The number of hydrogen-bond donors (Lipinski definition) is 0. The molecule has 1 aromatic heterocycles. The van der Waals surface area contributed by atoms with E-state index in [0.717, 1.165) is 4.88 Å². The summed E-state index contributed by atoms with van der Waals surface area (Å²) >= 11 is 1.20. The lowest BCUT2D eigenvalue weighted by atomic mass is 10.5. The van der Waals surface area contributed by atoms with Crippen LogP contribution in [0.15, 0.2) is 18.7 Å². The van der Waals surface area contributed by atoms with Crippen molar-refractivity contribution < 1.29 is 19.0 Å². The Morgan fingerprint density at radius 1 is 1.60 bits per heavy atom. The van der Waals surface area contributed by atoms with Crippen molar-refractivity contribution in [1.29, 1.82) is 0 Å². The minimum absolute atomic E-state index is 0.311. The van der Waals surface area contributed by atoms with Gasteiger partial charge in [-0.25, -0.2) is 9.78 Å². The molecule has 0 saturated heterocycles. The fraction of sp³-hybridized carbons (Fsp3) is 0.333. The first-order valence-electron chi connectivity index (χ1n) is 4.40. The number of carbonyl (C=O) groups is 1. The Labute approximate surface area is 90.3 Å². The number of ether oxygens (including phenoxy) is 3. The first kappa shape index (κ1) is 9.97.